The molecule has 0 radical (unpaired) electrons. The quantitative estimate of drug-likeness (QED) is 0.534. The van der Waals surface area contributed by atoms with Crippen LogP contribution < -0.4 is 0 Å². The monoisotopic (exact) mass is 394 g/mol. The Labute approximate surface area is 105 Å². The summed E-state index contributed by atoms with van der Waals surface area (Å²) in [5.41, 5.74) is -1.06. The van der Waals surface area contributed by atoms with Gasteiger partial charge in [-0.1, -0.05) is 11.8 Å². The third-order valence-electron chi connectivity index (χ3n) is 1.34. The van der Waals surface area contributed by atoms with Crippen molar-refractivity contribution in [3.8, 4) is 31.8 Å². The minimum Gasteiger partial charge on any atom is -0.196 e. The van der Waals surface area contributed by atoms with Gasteiger partial charge in [-0.2, -0.15) is 10.5 Å². The van der Waals surface area contributed by atoms with Gasteiger partial charge in [-0.3, -0.25) is 0 Å². The highest BCUT2D eigenvalue weighted by Crippen LogP contribution is 2.23. The van der Waals surface area contributed by atoms with Crippen LogP contribution in [0.15, 0.2) is 0 Å². The molecule has 0 spiro atoms. The summed E-state index contributed by atoms with van der Waals surface area (Å²) in [5, 5.41) is 17.6. The molecule has 64 valence electrons. The van der Waals surface area contributed by atoms with E-state index in [0.29, 0.717) is 0 Å². The van der Waals surface area contributed by atoms with Gasteiger partial charge in [0, 0.05) is 58.0 Å². The van der Waals surface area contributed by atoms with Crippen LogP contribution >= 0.6 is 45.2 Å². The fourth-order valence-electron chi connectivity index (χ4n) is 0.614. The molecule has 0 unspecified atom stereocenters. The molecule has 0 aromatic carbocycles. The van der Waals surface area contributed by atoms with E-state index in [1.165, 1.54) is 0 Å². The molecule has 0 aliphatic carbocycles. The van der Waals surface area contributed by atoms with E-state index in [9.17, 15) is 0 Å². The molecular weight excluding hydrogens is 390 g/mol. The lowest BCUT2D eigenvalue weighted by molar-refractivity contribution is 0.557. The lowest BCUT2D eigenvalue weighted by Crippen LogP contribution is -2.14. The summed E-state index contributed by atoms with van der Waals surface area (Å²) >= 11 is 3.76. The van der Waals surface area contributed by atoms with E-state index in [2.05, 4.69) is 19.7 Å². The van der Waals surface area contributed by atoms with Crippen LogP contribution in [0.3, 0.4) is 0 Å². The van der Waals surface area contributed by atoms with Gasteiger partial charge in [-0.05, 0) is 7.85 Å². The number of halogens is 2. The van der Waals surface area contributed by atoms with Crippen molar-refractivity contribution < 1.29 is 0 Å². The Morgan fingerprint density at radius 3 is 1.54 bits per heavy atom. The van der Waals surface area contributed by atoms with Crippen LogP contribution in [0.1, 0.15) is 12.8 Å². The van der Waals surface area contributed by atoms with Crippen LogP contribution in [0.2, 0.25) is 0 Å². The average molecular weight is 394 g/mol. The predicted molar refractivity (Wildman–Crippen MR) is 66.5 cm³/mol. The molecule has 0 saturated carbocycles. The van der Waals surface area contributed by atoms with Crippen molar-refractivity contribution in [3.05, 3.63) is 0 Å². The normalized spacial score (nSPS) is 8.00. The first-order valence-electron chi connectivity index (χ1n) is 3.24. The highest BCUT2D eigenvalue weighted by Gasteiger charge is 2.28. The summed E-state index contributed by atoms with van der Waals surface area (Å²) in [6.07, 6.45) is 0.516. The van der Waals surface area contributed by atoms with E-state index in [-0.39, 0.29) is 12.8 Å². The predicted octanol–water partition coefficient (Wildman–Crippen LogP) is 2.59. The van der Waals surface area contributed by atoms with Gasteiger partial charge in [0.2, 0.25) is 0 Å². The number of hydrogen-bond acceptors (Lipinski definition) is 2. The van der Waals surface area contributed by atoms with Crippen LogP contribution in [0.4, 0.5) is 0 Å². The molecule has 0 aliphatic rings. The van der Waals surface area contributed by atoms with Gasteiger partial charge < -0.3 is 0 Å². The lowest BCUT2D eigenvalue weighted by Gasteiger charge is -2.09. The highest BCUT2D eigenvalue weighted by atomic mass is 127. The third kappa shape index (κ3) is 4.36. The van der Waals surface area contributed by atoms with Crippen molar-refractivity contribution in [2.45, 2.75) is 12.8 Å². The van der Waals surface area contributed by atoms with Crippen molar-refractivity contribution in [1.29, 1.82) is 10.5 Å². The molecule has 0 N–H and O–H groups in total. The molecular formula is C9H4I2N2. The van der Waals surface area contributed by atoms with E-state index in [4.69, 9.17) is 10.5 Å². The number of hydrogen-bond donors (Lipinski definition) is 0. The van der Waals surface area contributed by atoms with Gasteiger partial charge in [-0.25, -0.2) is 0 Å². The van der Waals surface area contributed by atoms with E-state index in [1.54, 1.807) is 0 Å². The minimum atomic E-state index is -1.06. The van der Waals surface area contributed by atoms with Crippen LogP contribution in [0.25, 0.3) is 0 Å². The standard InChI is InChI=1S/C9H4I2N2/c10-5-1-3-9(7-12,8-13)4-2-6-11/h3-4H2. The largest absolute Gasteiger partial charge is 0.196 e. The number of rotatable bonds is 2. The lowest BCUT2D eigenvalue weighted by atomic mass is 9.85. The Balaban J connectivity index is 4.67. The van der Waals surface area contributed by atoms with Crippen LogP contribution in [0, 0.1) is 47.8 Å². The Kier molecular flexibility index (Phi) is 6.77. The first-order valence-corrected chi connectivity index (χ1v) is 5.40. The maximum atomic E-state index is 8.82. The zero-order chi connectivity index (χ0) is 10.2. The summed E-state index contributed by atoms with van der Waals surface area (Å²) in [7, 11) is 0. The van der Waals surface area contributed by atoms with Gasteiger partial charge in [0.1, 0.15) is 0 Å². The second-order valence-electron chi connectivity index (χ2n) is 2.20. The molecule has 0 bridgehead atoms. The number of nitrogens with zero attached hydrogens (tertiary/aromatic N) is 2. The number of nitriles is 2. The smallest absolute Gasteiger partial charge is 0.165 e. The van der Waals surface area contributed by atoms with E-state index < -0.39 is 5.41 Å². The summed E-state index contributed by atoms with van der Waals surface area (Å²) < 4.78 is 5.27. The topological polar surface area (TPSA) is 47.6 Å². The average Bonchev–Trinajstić information content (AvgIpc) is 2.20. The molecule has 4 heteroatoms. The second kappa shape index (κ2) is 7.01. The molecule has 0 amide bonds. The first-order chi connectivity index (χ1) is 6.24. The van der Waals surface area contributed by atoms with Gasteiger partial charge >= 0.3 is 0 Å². The molecule has 0 heterocycles. The first kappa shape index (κ1) is 12.6. The molecule has 0 atom stereocenters. The van der Waals surface area contributed by atoms with E-state index >= 15 is 0 Å². The van der Waals surface area contributed by atoms with Crippen LogP contribution in [0.5, 0.6) is 0 Å². The van der Waals surface area contributed by atoms with Gasteiger partial charge in [-0.15, -0.1) is 0 Å². The zero-order valence-electron chi connectivity index (χ0n) is 6.56. The van der Waals surface area contributed by atoms with Crippen LogP contribution in [-0.4, -0.2) is 0 Å². The molecule has 0 aliphatic heterocycles. The highest BCUT2D eigenvalue weighted by molar-refractivity contribution is 14.1. The SMILES string of the molecule is N#CC(C#N)(CC#CI)CC#CI. The Hall–Kier alpha value is -0.440. The van der Waals surface area contributed by atoms with E-state index in [0.717, 1.165) is 0 Å². The van der Waals surface area contributed by atoms with Crippen molar-refractivity contribution in [2.75, 3.05) is 0 Å². The summed E-state index contributed by atoms with van der Waals surface area (Å²) in [6.45, 7) is 0. The Morgan fingerprint density at radius 1 is 0.923 bits per heavy atom. The van der Waals surface area contributed by atoms with Crippen LogP contribution in [-0.2, 0) is 0 Å². The van der Waals surface area contributed by atoms with Gasteiger partial charge in [0.05, 0.1) is 12.1 Å². The van der Waals surface area contributed by atoms with Crippen molar-refractivity contribution in [3.63, 3.8) is 0 Å². The molecule has 2 nitrogen and oxygen atoms in total. The summed E-state index contributed by atoms with van der Waals surface area (Å²) in [4.78, 5) is 0. The third-order valence-corrected chi connectivity index (χ3v) is 2.10. The Morgan fingerprint density at radius 2 is 1.31 bits per heavy atom. The molecule has 0 fully saturated rings. The van der Waals surface area contributed by atoms with E-state index in [1.807, 2.05) is 57.3 Å². The maximum absolute atomic E-state index is 8.82. The van der Waals surface area contributed by atoms with Crippen molar-refractivity contribution in [1.82, 2.24) is 0 Å². The molecule has 0 aromatic rings. The summed E-state index contributed by atoms with van der Waals surface area (Å²) in [6, 6.07) is 3.92. The van der Waals surface area contributed by atoms with Gasteiger partial charge in [0.15, 0.2) is 5.41 Å². The minimum absolute atomic E-state index is 0.258. The fraction of sp³-hybridized carbons (Fsp3) is 0.333. The van der Waals surface area contributed by atoms with Gasteiger partial charge in [0.25, 0.3) is 0 Å². The van der Waals surface area contributed by atoms with Crippen molar-refractivity contribution in [2.24, 2.45) is 5.41 Å². The maximum Gasteiger partial charge on any atom is 0.165 e. The second-order valence-corrected chi connectivity index (χ2v) is 3.28. The molecule has 0 rings (SSSR count). The summed E-state index contributed by atoms with van der Waals surface area (Å²) in [5.74, 6) is 5.44. The zero-order valence-corrected chi connectivity index (χ0v) is 10.9. The van der Waals surface area contributed by atoms with Crippen molar-refractivity contribution >= 4 is 45.2 Å². The molecule has 0 saturated heterocycles. The Bertz CT molecular complexity index is 327. The fourth-order valence-corrected chi connectivity index (χ4v) is 0.996. The molecule has 0 aromatic heterocycles. The molecule has 13 heavy (non-hydrogen) atoms.